The molecular weight excluding hydrogens is 318 g/mol. The number of fused-ring (bicyclic) bond motifs is 8. The Balaban J connectivity index is 1.61. The lowest BCUT2D eigenvalue weighted by atomic mass is 9.74. The van der Waals surface area contributed by atoms with E-state index in [-0.39, 0.29) is 5.41 Å². The number of rotatable bonds is 2. The van der Waals surface area contributed by atoms with Crippen molar-refractivity contribution < 1.29 is 4.79 Å². The smallest absolute Gasteiger partial charge is 0.135 e. The Morgan fingerprint density at radius 3 is 2.62 bits per heavy atom. The van der Waals surface area contributed by atoms with Gasteiger partial charge in [-0.05, 0) is 40.8 Å². The predicted octanol–water partition coefficient (Wildman–Crippen LogP) is 4.14. The van der Waals surface area contributed by atoms with E-state index in [1.165, 1.54) is 22.3 Å². The zero-order chi connectivity index (χ0) is 16.3. The van der Waals surface area contributed by atoms with Crippen molar-refractivity contribution in [2.45, 2.75) is 30.6 Å². The van der Waals surface area contributed by atoms with E-state index in [1.54, 1.807) is 0 Å². The molecule has 2 aliphatic carbocycles. The van der Waals surface area contributed by atoms with E-state index in [0.717, 1.165) is 31.1 Å². The molecule has 1 saturated heterocycles. The van der Waals surface area contributed by atoms with Crippen LogP contribution in [-0.4, -0.2) is 30.3 Å². The van der Waals surface area contributed by atoms with E-state index in [0.29, 0.717) is 24.5 Å². The molecule has 2 atom stereocenters. The van der Waals surface area contributed by atoms with Crippen LogP contribution in [0.25, 0.3) is 0 Å². The summed E-state index contributed by atoms with van der Waals surface area (Å²) in [7, 11) is 0. The maximum absolute atomic E-state index is 11.6. The van der Waals surface area contributed by atoms with Crippen LogP contribution in [0.2, 0.25) is 5.02 Å². The summed E-state index contributed by atoms with van der Waals surface area (Å²) in [4.78, 5) is 14.1. The number of Topliss-reactive ketones (excluding diaryl/α,β-unsaturated/α-hetero) is 1. The third-order valence-corrected chi connectivity index (χ3v) is 6.45. The Morgan fingerprint density at radius 2 is 1.79 bits per heavy atom. The Bertz CT molecular complexity index is 835. The Hall–Kier alpha value is -1.64. The molecule has 1 fully saturated rings. The first-order chi connectivity index (χ1) is 11.7. The maximum Gasteiger partial charge on any atom is 0.135 e. The molecule has 1 heterocycles. The van der Waals surface area contributed by atoms with E-state index in [9.17, 15) is 4.79 Å². The number of likely N-dealkylation sites (tertiary alicyclic amines) is 1. The molecule has 3 aliphatic rings. The van der Waals surface area contributed by atoms with Gasteiger partial charge in [0.1, 0.15) is 5.78 Å². The third kappa shape index (κ3) is 1.96. The average Bonchev–Trinajstić information content (AvgIpc) is 3.09. The first-order valence-electron chi connectivity index (χ1n) is 8.81. The first kappa shape index (κ1) is 14.7. The monoisotopic (exact) mass is 337 g/mol. The minimum Gasteiger partial charge on any atom is -0.301 e. The molecule has 2 aromatic carbocycles. The van der Waals surface area contributed by atoms with Crippen molar-refractivity contribution in [3.05, 3.63) is 69.7 Å². The summed E-state index contributed by atoms with van der Waals surface area (Å²) in [6.45, 7) is 2.79. The van der Waals surface area contributed by atoms with Gasteiger partial charge in [-0.2, -0.15) is 0 Å². The summed E-state index contributed by atoms with van der Waals surface area (Å²) in [5.41, 5.74) is 5.87. The molecule has 2 nitrogen and oxygen atoms in total. The highest BCUT2D eigenvalue weighted by Crippen LogP contribution is 2.60. The quantitative estimate of drug-likeness (QED) is 0.821. The van der Waals surface area contributed by atoms with Crippen molar-refractivity contribution in [3.63, 3.8) is 0 Å². The predicted molar refractivity (Wildman–Crippen MR) is 95.8 cm³/mol. The Kier molecular flexibility index (Phi) is 3.17. The fourth-order valence-electron chi connectivity index (χ4n) is 5.16. The van der Waals surface area contributed by atoms with Crippen molar-refractivity contribution in [2.75, 3.05) is 19.6 Å². The second-order valence-electron chi connectivity index (χ2n) is 7.47. The van der Waals surface area contributed by atoms with Crippen LogP contribution in [0, 0.1) is 0 Å². The molecule has 0 N–H and O–H groups in total. The fourth-order valence-corrected chi connectivity index (χ4v) is 5.33. The lowest BCUT2D eigenvalue weighted by molar-refractivity contribution is -0.121. The number of hydrogen-bond acceptors (Lipinski definition) is 2. The minimum absolute atomic E-state index is 0.0435. The van der Waals surface area contributed by atoms with Gasteiger partial charge in [0.15, 0.2) is 0 Å². The van der Waals surface area contributed by atoms with Crippen molar-refractivity contribution in [3.8, 4) is 0 Å². The van der Waals surface area contributed by atoms with Gasteiger partial charge in [0.05, 0.1) is 0 Å². The van der Waals surface area contributed by atoms with E-state index < -0.39 is 0 Å². The summed E-state index contributed by atoms with van der Waals surface area (Å²) < 4.78 is 0. The standard InChI is InChI=1S/C21H20ClNO/c22-14-5-6-17-18-12-21(20(17)11-14,19-4-2-1-3-16(18)19)13-23-9-7-15(24)8-10-23/h1-6,11,18H,7-10,12-13H2. The lowest BCUT2D eigenvalue weighted by Gasteiger charge is -2.38. The molecule has 0 radical (unpaired) electrons. The Morgan fingerprint density at radius 1 is 1.04 bits per heavy atom. The molecule has 2 unspecified atom stereocenters. The number of carbonyl (C=O) groups is 1. The number of benzene rings is 2. The highest BCUT2D eigenvalue weighted by molar-refractivity contribution is 6.30. The fraction of sp³-hybridized carbons (Fsp3) is 0.381. The van der Waals surface area contributed by atoms with Crippen LogP contribution >= 0.6 is 11.6 Å². The van der Waals surface area contributed by atoms with Gasteiger partial charge >= 0.3 is 0 Å². The molecule has 1 aliphatic heterocycles. The molecule has 2 aromatic rings. The summed E-state index contributed by atoms with van der Waals surface area (Å²) >= 11 is 6.35. The van der Waals surface area contributed by atoms with Crippen LogP contribution < -0.4 is 0 Å². The van der Waals surface area contributed by atoms with Crippen molar-refractivity contribution in [2.24, 2.45) is 0 Å². The Labute approximate surface area is 147 Å². The van der Waals surface area contributed by atoms with Crippen molar-refractivity contribution >= 4 is 17.4 Å². The van der Waals surface area contributed by atoms with Gasteiger partial charge in [-0.3, -0.25) is 4.79 Å². The minimum atomic E-state index is 0.0435. The van der Waals surface area contributed by atoms with Gasteiger partial charge < -0.3 is 4.90 Å². The first-order valence-corrected chi connectivity index (χ1v) is 9.18. The maximum atomic E-state index is 11.6. The van der Waals surface area contributed by atoms with E-state index >= 15 is 0 Å². The zero-order valence-electron chi connectivity index (χ0n) is 13.6. The molecule has 5 rings (SSSR count). The topological polar surface area (TPSA) is 20.3 Å². The second-order valence-corrected chi connectivity index (χ2v) is 7.91. The van der Waals surface area contributed by atoms with Crippen LogP contribution in [0.1, 0.15) is 47.4 Å². The molecule has 0 aromatic heterocycles. The van der Waals surface area contributed by atoms with Gasteiger partial charge in [0, 0.05) is 48.8 Å². The number of piperidine rings is 1. The lowest BCUT2D eigenvalue weighted by Crippen LogP contribution is -2.43. The normalized spacial score (nSPS) is 28.0. The van der Waals surface area contributed by atoms with Crippen LogP contribution in [-0.2, 0) is 10.2 Å². The number of hydrogen-bond donors (Lipinski definition) is 0. The molecule has 24 heavy (non-hydrogen) atoms. The number of carbonyl (C=O) groups excluding carboxylic acids is 1. The molecule has 122 valence electrons. The highest BCUT2D eigenvalue weighted by Gasteiger charge is 2.53. The van der Waals surface area contributed by atoms with Crippen LogP contribution in [0.4, 0.5) is 0 Å². The molecule has 2 bridgehead atoms. The molecule has 0 spiro atoms. The van der Waals surface area contributed by atoms with Crippen LogP contribution in [0.5, 0.6) is 0 Å². The molecule has 0 amide bonds. The van der Waals surface area contributed by atoms with E-state index in [2.05, 4.69) is 41.3 Å². The number of ketones is 1. The van der Waals surface area contributed by atoms with E-state index in [1.807, 2.05) is 6.07 Å². The average molecular weight is 338 g/mol. The van der Waals surface area contributed by atoms with Gasteiger partial charge in [0.25, 0.3) is 0 Å². The zero-order valence-corrected chi connectivity index (χ0v) is 14.4. The molecule has 3 heteroatoms. The summed E-state index contributed by atoms with van der Waals surface area (Å²) in [6.07, 6.45) is 2.54. The molecular formula is C21H20ClNO. The van der Waals surface area contributed by atoms with Crippen molar-refractivity contribution in [1.82, 2.24) is 4.90 Å². The SMILES string of the molecule is O=C1CCN(CC23CC(c4ccccc42)c2ccc(Cl)cc23)CC1. The third-order valence-electron chi connectivity index (χ3n) is 6.22. The summed E-state index contributed by atoms with van der Waals surface area (Å²) in [5, 5.41) is 0.826. The number of nitrogens with zero attached hydrogens (tertiary/aromatic N) is 1. The number of halogens is 1. The van der Waals surface area contributed by atoms with Gasteiger partial charge in [-0.1, -0.05) is 41.9 Å². The second kappa shape index (κ2) is 5.18. The summed E-state index contributed by atoms with van der Waals surface area (Å²) in [6, 6.07) is 15.3. The highest BCUT2D eigenvalue weighted by atomic mass is 35.5. The van der Waals surface area contributed by atoms with Gasteiger partial charge in [-0.15, -0.1) is 0 Å². The van der Waals surface area contributed by atoms with Gasteiger partial charge in [-0.25, -0.2) is 0 Å². The van der Waals surface area contributed by atoms with Crippen LogP contribution in [0.3, 0.4) is 0 Å². The van der Waals surface area contributed by atoms with Crippen molar-refractivity contribution in [1.29, 1.82) is 0 Å². The largest absolute Gasteiger partial charge is 0.301 e. The summed E-state index contributed by atoms with van der Waals surface area (Å²) in [5.74, 6) is 0.906. The van der Waals surface area contributed by atoms with Gasteiger partial charge in [0.2, 0.25) is 0 Å². The van der Waals surface area contributed by atoms with E-state index in [4.69, 9.17) is 11.6 Å². The molecule has 0 saturated carbocycles. The van der Waals surface area contributed by atoms with Crippen LogP contribution in [0.15, 0.2) is 42.5 Å².